The fourth-order valence-electron chi connectivity index (χ4n) is 5.29. The van der Waals surface area contributed by atoms with Crippen LogP contribution in [0.15, 0.2) is 42.5 Å². The maximum atomic E-state index is 12.8. The number of aryl methyl sites for hydroxylation is 2. The Hall–Kier alpha value is -2.60. The lowest BCUT2D eigenvalue weighted by Crippen LogP contribution is -2.25. The van der Waals surface area contributed by atoms with E-state index in [9.17, 15) is 10.1 Å². The second-order valence-electron chi connectivity index (χ2n) is 10.3. The van der Waals surface area contributed by atoms with Gasteiger partial charge in [0, 0.05) is 0 Å². The lowest BCUT2D eigenvalue weighted by molar-refractivity contribution is -0.140. The first kappa shape index (κ1) is 27.0. The number of rotatable bonds is 13. The molecular weight excluding hydrogens is 430 g/mol. The van der Waals surface area contributed by atoms with E-state index in [0.29, 0.717) is 17.2 Å². The van der Waals surface area contributed by atoms with Crippen LogP contribution in [0.4, 0.5) is 0 Å². The Labute approximate surface area is 212 Å². The second-order valence-corrected chi connectivity index (χ2v) is 10.3. The van der Waals surface area contributed by atoms with Crippen LogP contribution >= 0.6 is 0 Å². The summed E-state index contributed by atoms with van der Waals surface area (Å²) in [5.74, 6) is 0.656. The van der Waals surface area contributed by atoms with Gasteiger partial charge < -0.3 is 4.74 Å². The molecule has 3 rings (SSSR count). The van der Waals surface area contributed by atoms with Crippen LogP contribution in [0.5, 0.6) is 5.75 Å². The Morgan fingerprint density at radius 3 is 2.14 bits per heavy atom. The predicted molar refractivity (Wildman–Crippen MR) is 144 cm³/mol. The minimum atomic E-state index is -0.187. The van der Waals surface area contributed by atoms with Crippen LogP contribution in [-0.4, -0.2) is 5.97 Å². The van der Waals surface area contributed by atoms with Gasteiger partial charge in [0.15, 0.2) is 0 Å². The third-order valence-electron chi connectivity index (χ3n) is 7.49. The highest BCUT2D eigenvalue weighted by molar-refractivity contribution is 5.76. The van der Waals surface area contributed by atoms with E-state index in [2.05, 4.69) is 44.2 Å². The Morgan fingerprint density at radius 2 is 1.49 bits per heavy atom. The van der Waals surface area contributed by atoms with Crippen molar-refractivity contribution >= 4 is 5.97 Å². The van der Waals surface area contributed by atoms with Crippen molar-refractivity contribution in [3.05, 3.63) is 64.7 Å². The van der Waals surface area contributed by atoms with E-state index in [0.717, 1.165) is 44.1 Å². The first-order valence-electron chi connectivity index (χ1n) is 14.0. The summed E-state index contributed by atoms with van der Waals surface area (Å²) >= 11 is 0. The van der Waals surface area contributed by atoms with Gasteiger partial charge in [0.25, 0.3) is 0 Å². The van der Waals surface area contributed by atoms with Crippen molar-refractivity contribution in [2.24, 2.45) is 5.92 Å². The molecule has 1 saturated carbocycles. The molecule has 0 aromatic heterocycles. The van der Waals surface area contributed by atoms with Gasteiger partial charge in [-0.25, -0.2) is 0 Å². The van der Waals surface area contributed by atoms with Crippen molar-refractivity contribution in [2.75, 3.05) is 0 Å². The molecule has 3 nitrogen and oxygen atoms in total. The summed E-state index contributed by atoms with van der Waals surface area (Å²) in [7, 11) is 0. The quantitative estimate of drug-likeness (QED) is 0.166. The number of hydrogen-bond acceptors (Lipinski definition) is 3. The van der Waals surface area contributed by atoms with E-state index in [1.807, 2.05) is 12.1 Å². The van der Waals surface area contributed by atoms with Crippen molar-refractivity contribution in [3.63, 3.8) is 0 Å². The highest BCUT2D eigenvalue weighted by atomic mass is 16.5. The van der Waals surface area contributed by atoms with Crippen LogP contribution in [0.25, 0.3) is 0 Å². The zero-order chi connectivity index (χ0) is 24.9. The highest BCUT2D eigenvalue weighted by Crippen LogP contribution is 2.37. The maximum Gasteiger partial charge on any atom is 0.314 e. The minimum absolute atomic E-state index is 0.0790. The maximum absolute atomic E-state index is 12.8. The Kier molecular flexibility index (Phi) is 11.4. The van der Waals surface area contributed by atoms with E-state index >= 15 is 0 Å². The van der Waals surface area contributed by atoms with Gasteiger partial charge in [-0.1, -0.05) is 89.1 Å². The largest absolute Gasteiger partial charge is 0.425 e. The number of benzene rings is 2. The SMILES string of the molecule is CCCCCCCCCc1ccc(C2CCC(C(=O)Oc3ccc(CCC)cc3C#N)CC2)cc1. The molecule has 3 heteroatoms. The molecule has 35 heavy (non-hydrogen) atoms. The number of unbranched alkanes of at least 4 members (excludes halogenated alkanes) is 6. The fraction of sp³-hybridized carbons (Fsp3) is 0.562. The first-order valence-corrected chi connectivity index (χ1v) is 14.0. The Balaban J connectivity index is 1.42. The first-order chi connectivity index (χ1) is 17.1. The molecular formula is C32H43NO2. The second kappa shape index (κ2) is 14.7. The molecule has 2 aromatic rings. The summed E-state index contributed by atoms with van der Waals surface area (Å²) in [6, 6.07) is 17.0. The number of carbonyl (C=O) groups is 1. The van der Waals surface area contributed by atoms with Crippen LogP contribution in [-0.2, 0) is 17.6 Å². The molecule has 0 amide bonds. The van der Waals surface area contributed by atoms with Crippen molar-refractivity contribution in [1.82, 2.24) is 0 Å². The van der Waals surface area contributed by atoms with Crippen LogP contribution in [0, 0.1) is 17.2 Å². The van der Waals surface area contributed by atoms with Gasteiger partial charge in [0.05, 0.1) is 11.5 Å². The van der Waals surface area contributed by atoms with Gasteiger partial charge in [-0.05, 0) is 79.7 Å². The van der Waals surface area contributed by atoms with Crippen LogP contribution in [0.2, 0.25) is 0 Å². The van der Waals surface area contributed by atoms with E-state index < -0.39 is 0 Å². The minimum Gasteiger partial charge on any atom is -0.425 e. The average molecular weight is 474 g/mol. The molecule has 0 unspecified atom stereocenters. The summed E-state index contributed by atoms with van der Waals surface area (Å²) in [4.78, 5) is 12.8. The molecule has 2 aromatic carbocycles. The van der Waals surface area contributed by atoms with Crippen molar-refractivity contribution in [1.29, 1.82) is 5.26 Å². The predicted octanol–water partition coefficient (Wildman–Crippen LogP) is 8.68. The molecule has 1 aliphatic rings. The smallest absolute Gasteiger partial charge is 0.314 e. The van der Waals surface area contributed by atoms with E-state index in [1.165, 1.54) is 62.5 Å². The van der Waals surface area contributed by atoms with Crippen molar-refractivity contribution in [2.45, 2.75) is 110 Å². The molecule has 0 N–H and O–H groups in total. The topological polar surface area (TPSA) is 50.1 Å². The zero-order valence-electron chi connectivity index (χ0n) is 21.9. The number of hydrogen-bond donors (Lipinski definition) is 0. The van der Waals surface area contributed by atoms with Crippen LogP contribution in [0.1, 0.15) is 119 Å². The van der Waals surface area contributed by atoms with Gasteiger partial charge in [-0.15, -0.1) is 0 Å². The Morgan fingerprint density at radius 1 is 0.829 bits per heavy atom. The van der Waals surface area contributed by atoms with Crippen LogP contribution in [0.3, 0.4) is 0 Å². The van der Waals surface area contributed by atoms with Gasteiger partial charge in [-0.3, -0.25) is 4.79 Å². The molecule has 0 saturated heterocycles. The molecule has 0 radical (unpaired) electrons. The molecule has 0 bridgehead atoms. The van der Waals surface area contributed by atoms with Crippen molar-refractivity contribution < 1.29 is 9.53 Å². The number of nitriles is 1. The summed E-state index contributed by atoms with van der Waals surface area (Å²) in [6.07, 6.45) is 16.3. The molecule has 0 spiro atoms. The number of esters is 1. The molecule has 1 aliphatic carbocycles. The fourth-order valence-corrected chi connectivity index (χ4v) is 5.29. The van der Waals surface area contributed by atoms with Gasteiger partial charge in [-0.2, -0.15) is 5.26 Å². The van der Waals surface area contributed by atoms with E-state index in [1.54, 1.807) is 6.07 Å². The van der Waals surface area contributed by atoms with Crippen molar-refractivity contribution in [3.8, 4) is 11.8 Å². The third-order valence-corrected chi connectivity index (χ3v) is 7.49. The summed E-state index contributed by atoms with van der Waals surface area (Å²) in [6.45, 7) is 4.38. The lowest BCUT2D eigenvalue weighted by Gasteiger charge is -2.27. The number of nitrogens with zero attached hydrogens (tertiary/aromatic N) is 1. The molecule has 1 fully saturated rings. The van der Waals surface area contributed by atoms with Gasteiger partial charge in [0.2, 0.25) is 0 Å². The summed E-state index contributed by atoms with van der Waals surface area (Å²) < 4.78 is 5.68. The summed E-state index contributed by atoms with van der Waals surface area (Å²) in [5, 5.41) is 9.47. The zero-order valence-corrected chi connectivity index (χ0v) is 21.9. The number of carbonyl (C=O) groups excluding carboxylic acids is 1. The van der Waals surface area contributed by atoms with E-state index in [4.69, 9.17) is 4.74 Å². The average Bonchev–Trinajstić information content (AvgIpc) is 2.89. The van der Waals surface area contributed by atoms with E-state index in [-0.39, 0.29) is 11.9 Å². The highest BCUT2D eigenvalue weighted by Gasteiger charge is 2.29. The lowest BCUT2D eigenvalue weighted by atomic mass is 9.78. The summed E-state index contributed by atoms with van der Waals surface area (Å²) in [5.41, 5.74) is 4.41. The molecule has 0 heterocycles. The van der Waals surface area contributed by atoms with Gasteiger partial charge in [0.1, 0.15) is 11.8 Å². The molecule has 188 valence electrons. The Bertz CT molecular complexity index is 949. The number of ether oxygens (including phenoxy) is 1. The monoisotopic (exact) mass is 473 g/mol. The third kappa shape index (κ3) is 8.53. The molecule has 0 atom stereocenters. The molecule has 0 aliphatic heterocycles. The van der Waals surface area contributed by atoms with Crippen LogP contribution < -0.4 is 4.74 Å². The normalized spacial score (nSPS) is 17.6. The van der Waals surface area contributed by atoms with Gasteiger partial charge >= 0.3 is 5.97 Å². The standard InChI is InChI=1S/C32H43NO2/c1-3-5-6-7-8-9-10-12-25-13-16-27(17-14-25)28-18-20-29(21-19-28)32(34)35-31-22-15-26(11-4-2)23-30(31)24-33/h13-17,22-23,28-29H,3-12,18-21H2,1-2H3.